The molecule has 0 aliphatic heterocycles. The lowest BCUT2D eigenvalue weighted by molar-refractivity contribution is 0.251. The van der Waals surface area contributed by atoms with Gasteiger partial charge in [-0.2, -0.15) is 8.78 Å². The molecule has 0 atom stereocenters. The summed E-state index contributed by atoms with van der Waals surface area (Å²) in [7, 11) is 1.49. The van der Waals surface area contributed by atoms with E-state index in [-0.39, 0.29) is 0 Å². The number of alkyl halides is 2. The summed E-state index contributed by atoms with van der Waals surface area (Å²) in [4.78, 5) is 0.435. The first-order valence-corrected chi connectivity index (χ1v) is 10.1. The molecule has 0 aliphatic rings. The topological polar surface area (TPSA) is 39.9 Å². The molecule has 1 heterocycles. The first kappa shape index (κ1) is 19.7. The highest BCUT2D eigenvalue weighted by Crippen LogP contribution is 2.35. The average Bonchev–Trinajstić information content (AvgIpc) is 3.01. The molecule has 0 spiro atoms. The minimum Gasteiger partial charge on any atom is -0.496 e. The predicted molar refractivity (Wildman–Crippen MR) is 105 cm³/mol. The minimum absolute atomic E-state index is 0.435. The van der Waals surface area contributed by atoms with Crippen molar-refractivity contribution in [2.75, 3.05) is 7.11 Å². The van der Waals surface area contributed by atoms with Gasteiger partial charge in [-0.3, -0.25) is 0 Å². The highest BCUT2D eigenvalue weighted by molar-refractivity contribution is 7.99. The lowest BCUT2D eigenvalue weighted by Gasteiger charge is -2.11. The fourth-order valence-electron chi connectivity index (χ4n) is 2.56. The zero-order valence-electron chi connectivity index (χ0n) is 14.9. The molecule has 0 unspecified atom stereocenters. The minimum atomic E-state index is -2.47. The molecule has 2 aromatic carbocycles. The van der Waals surface area contributed by atoms with Crippen molar-refractivity contribution in [3.8, 4) is 5.75 Å². The number of ether oxygens (including phenoxy) is 1. The molecule has 3 rings (SSSR count). The Labute approximate surface area is 165 Å². The van der Waals surface area contributed by atoms with Crippen molar-refractivity contribution < 1.29 is 13.5 Å². The highest BCUT2D eigenvalue weighted by atomic mass is 32.2. The number of halogens is 2. The number of nitrogens with zero attached hydrogens (tertiary/aromatic N) is 3. The van der Waals surface area contributed by atoms with Crippen LogP contribution in [0.5, 0.6) is 5.75 Å². The van der Waals surface area contributed by atoms with Gasteiger partial charge in [-0.25, -0.2) is 0 Å². The van der Waals surface area contributed by atoms with E-state index in [9.17, 15) is 8.78 Å². The first-order chi connectivity index (χ1) is 13.1. The molecule has 4 nitrogen and oxygen atoms in total. The molecule has 27 heavy (non-hydrogen) atoms. The van der Waals surface area contributed by atoms with Crippen molar-refractivity contribution in [2.45, 2.75) is 35.0 Å². The van der Waals surface area contributed by atoms with Crippen LogP contribution >= 0.6 is 23.5 Å². The predicted octanol–water partition coefficient (Wildman–Crippen LogP) is 5.25. The second kappa shape index (κ2) is 9.23. The Balaban J connectivity index is 1.72. The summed E-state index contributed by atoms with van der Waals surface area (Å²) in [6.07, 6.45) is 0. The SMILES string of the molecule is COc1cc(CSc2nnc(C)n2Cc2ccccc2)ccc1SC(F)F. The maximum Gasteiger partial charge on any atom is 0.289 e. The van der Waals surface area contributed by atoms with Crippen LogP contribution in [0.4, 0.5) is 8.78 Å². The summed E-state index contributed by atoms with van der Waals surface area (Å²) in [5.41, 5.74) is 2.15. The fourth-order valence-corrected chi connectivity index (χ4v) is 4.08. The van der Waals surface area contributed by atoms with Crippen molar-refractivity contribution in [3.05, 3.63) is 65.5 Å². The fraction of sp³-hybridized carbons (Fsp3) is 0.263. The summed E-state index contributed by atoms with van der Waals surface area (Å²) in [5.74, 6) is -0.523. The van der Waals surface area contributed by atoms with Gasteiger partial charge in [0, 0.05) is 5.75 Å². The Kier molecular flexibility index (Phi) is 6.73. The lowest BCUT2D eigenvalue weighted by atomic mass is 10.2. The van der Waals surface area contributed by atoms with E-state index in [4.69, 9.17) is 4.74 Å². The molecule has 0 amide bonds. The molecule has 1 aromatic heterocycles. The zero-order valence-corrected chi connectivity index (χ0v) is 16.6. The molecule has 0 radical (unpaired) electrons. The Hall–Kier alpha value is -2.06. The maximum absolute atomic E-state index is 12.6. The van der Waals surface area contributed by atoms with E-state index in [1.165, 1.54) is 12.7 Å². The van der Waals surface area contributed by atoms with Crippen LogP contribution in [0.3, 0.4) is 0 Å². The molecule has 0 saturated heterocycles. The van der Waals surface area contributed by atoms with E-state index in [0.29, 0.717) is 34.7 Å². The quantitative estimate of drug-likeness (QED) is 0.477. The van der Waals surface area contributed by atoms with Crippen molar-refractivity contribution in [3.63, 3.8) is 0 Å². The van der Waals surface area contributed by atoms with Crippen LogP contribution in [0, 0.1) is 6.92 Å². The first-order valence-electron chi connectivity index (χ1n) is 8.25. The number of hydrogen-bond donors (Lipinski definition) is 0. The van der Waals surface area contributed by atoms with Gasteiger partial charge in [-0.15, -0.1) is 10.2 Å². The summed E-state index contributed by atoms with van der Waals surface area (Å²) >= 11 is 2.05. The molecule has 0 bridgehead atoms. The van der Waals surface area contributed by atoms with Crippen LogP contribution in [-0.2, 0) is 12.3 Å². The van der Waals surface area contributed by atoms with Gasteiger partial charge in [0.2, 0.25) is 0 Å². The Morgan fingerprint density at radius 2 is 1.85 bits per heavy atom. The average molecular weight is 408 g/mol. The van der Waals surface area contributed by atoms with Crippen molar-refractivity contribution in [1.29, 1.82) is 0 Å². The molecule has 142 valence electrons. The monoisotopic (exact) mass is 407 g/mol. The highest BCUT2D eigenvalue weighted by Gasteiger charge is 2.13. The number of methoxy groups -OCH3 is 1. The molecule has 0 fully saturated rings. The normalized spacial score (nSPS) is 11.1. The molecule has 0 saturated carbocycles. The molecular formula is C19H19F2N3OS2. The van der Waals surface area contributed by atoms with E-state index >= 15 is 0 Å². The molecule has 0 N–H and O–H groups in total. The van der Waals surface area contributed by atoms with Crippen LogP contribution in [0.15, 0.2) is 58.6 Å². The summed E-state index contributed by atoms with van der Waals surface area (Å²) in [5, 5.41) is 9.27. The van der Waals surface area contributed by atoms with E-state index in [2.05, 4.69) is 26.9 Å². The van der Waals surface area contributed by atoms with Crippen LogP contribution in [0.1, 0.15) is 17.0 Å². The van der Waals surface area contributed by atoms with Gasteiger partial charge in [0.05, 0.1) is 18.6 Å². The third-order valence-corrected chi connectivity index (χ3v) is 5.70. The van der Waals surface area contributed by atoms with Gasteiger partial charge >= 0.3 is 0 Å². The van der Waals surface area contributed by atoms with E-state index in [1.54, 1.807) is 23.9 Å². The number of hydrogen-bond acceptors (Lipinski definition) is 5. The van der Waals surface area contributed by atoms with E-state index < -0.39 is 5.76 Å². The van der Waals surface area contributed by atoms with E-state index in [0.717, 1.165) is 16.5 Å². The Bertz CT molecular complexity index is 888. The lowest BCUT2D eigenvalue weighted by Crippen LogP contribution is -2.03. The van der Waals surface area contributed by atoms with Gasteiger partial charge in [-0.05, 0) is 30.2 Å². The Morgan fingerprint density at radius 3 is 2.56 bits per heavy atom. The van der Waals surface area contributed by atoms with Gasteiger partial charge in [-0.1, -0.05) is 59.9 Å². The van der Waals surface area contributed by atoms with Gasteiger partial charge < -0.3 is 9.30 Å². The van der Waals surface area contributed by atoms with Crippen LogP contribution in [0.2, 0.25) is 0 Å². The largest absolute Gasteiger partial charge is 0.496 e. The molecule has 0 aliphatic carbocycles. The third-order valence-electron chi connectivity index (χ3n) is 3.90. The van der Waals surface area contributed by atoms with Crippen LogP contribution in [-0.4, -0.2) is 27.6 Å². The summed E-state index contributed by atoms with van der Waals surface area (Å²) in [6.45, 7) is 2.63. The van der Waals surface area contributed by atoms with Gasteiger partial charge in [0.1, 0.15) is 11.6 Å². The zero-order chi connectivity index (χ0) is 19.2. The van der Waals surface area contributed by atoms with Crippen molar-refractivity contribution in [2.24, 2.45) is 0 Å². The van der Waals surface area contributed by atoms with Crippen LogP contribution < -0.4 is 4.74 Å². The molecular weight excluding hydrogens is 388 g/mol. The second-order valence-corrected chi connectivity index (χ2v) is 7.73. The summed E-state index contributed by atoms with van der Waals surface area (Å²) in [6, 6.07) is 15.4. The number of benzene rings is 2. The van der Waals surface area contributed by atoms with Crippen LogP contribution in [0.25, 0.3) is 0 Å². The maximum atomic E-state index is 12.6. The van der Waals surface area contributed by atoms with E-state index in [1.807, 2.05) is 31.2 Å². The number of rotatable bonds is 8. The smallest absolute Gasteiger partial charge is 0.289 e. The third kappa shape index (κ3) is 5.23. The van der Waals surface area contributed by atoms with Crippen molar-refractivity contribution >= 4 is 23.5 Å². The van der Waals surface area contributed by atoms with Gasteiger partial charge in [0.25, 0.3) is 5.76 Å². The van der Waals surface area contributed by atoms with Crippen molar-refractivity contribution in [1.82, 2.24) is 14.8 Å². The standard InChI is InChI=1S/C19H19F2N3OS2/c1-13-22-23-19(24(13)11-14-6-4-3-5-7-14)26-12-15-8-9-17(27-18(20)21)16(10-15)25-2/h3-10,18H,11-12H2,1-2H3. The van der Waals surface area contributed by atoms with Gasteiger partial charge in [0.15, 0.2) is 5.16 Å². The molecule has 8 heteroatoms. The molecule has 3 aromatic rings. The summed E-state index contributed by atoms with van der Waals surface area (Å²) < 4.78 is 32.6. The number of aromatic nitrogens is 3. The Morgan fingerprint density at radius 1 is 1.07 bits per heavy atom. The number of thioether (sulfide) groups is 2. The number of aryl methyl sites for hydroxylation is 1. The second-order valence-electron chi connectivity index (χ2n) is 5.75.